The van der Waals surface area contributed by atoms with Crippen molar-refractivity contribution in [1.29, 1.82) is 0 Å². The Balaban J connectivity index is 1.65. The number of H-pyrrole nitrogens is 1. The molecule has 2 N–H and O–H groups in total. The quantitative estimate of drug-likeness (QED) is 0.894. The number of nitrogens with zero attached hydrogens (tertiary/aromatic N) is 1. The Hall–Kier alpha value is -2.12. The van der Waals surface area contributed by atoms with Crippen LogP contribution in [0.4, 0.5) is 11.5 Å². The van der Waals surface area contributed by atoms with Crippen LogP contribution in [0.2, 0.25) is 0 Å². The fourth-order valence-electron chi connectivity index (χ4n) is 2.49. The highest BCUT2D eigenvalue weighted by atomic mass is 32.2. The summed E-state index contributed by atoms with van der Waals surface area (Å²) in [5, 5.41) is 0. The number of hydrogen-bond donors (Lipinski definition) is 1. The summed E-state index contributed by atoms with van der Waals surface area (Å²) in [5.74, 6) is 0.915. The van der Waals surface area contributed by atoms with Crippen LogP contribution in [0.25, 0.3) is 0 Å². The summed E-state index contributed by atoms with van der Waals surface area (Å²) >= 11 is 0. The van der Waals surface area contributed by atoms with Crippen molar-refractivity contribution < 1.29 is 18.1 Å². The molecular formula is C16H20N3O3S+. The standard InChI is InChI=1S/C16H19N3O3S/c20-23(21,13-14-4-2-1-3-5-14)18-15-6-7-16(17-12-15)19-8-10-22-11-9-19/h1-7,12,18H,8-11,13H2/p+1. The third kappa shape index (κ3) is 4.43. The first-order valence-corrected chi connectivity index (χ1v) is 9.16. The molecule has 0 bridgehead atoms. The first-order valence-electron chi connectivity index (χ1n) is 7.51. The lowest BCUT2D eigenvalue weighted by atomic mass is 10.2. The van der Waals surface area contributed by atoms with Gasteiger partial charge in [-0.05, 0) is 11.6 Å². The molecule has 6 nitrogen and oxygen atoms in total. The Labute approximate surface area is 136 Å². The molecular weight excluding hydrogens is 314 g/mol. The fraction of sp³-hybridized carbons (Fsp3) is 0.312. The second kappa shape index (κ2) is 6.97. The lowest BCUT2D eigenvalue weighted by molar-refractivity contribution is -0.363. The van der Waals surface area contributed by atoms with Crippen LogP contribution in [0.1, 0.15) is 5.56 Å². The van der Waals surface area contributed by atoms with Gasteiger partial charge in [0.25, 0.3) is 5.82 Å². The first-order chi connectivity index (χ1) is 11.1. The number of aromatic nitrogens is 1. The molecule has 0 amide bonds. The van der Waals surface area contributed by atoms with Crippen molar-refractivity contribution in [1.82, 2.24) is 0 Å². The smallest absolute Gasteiger partial charge is 0.274 e. The third-order valence-electron chi connectivity index (χ3n) is 3.62. The molecule has 0 radical (unpaired) electrons. The molecule has 7 heteroatoms. The summed E-state index contributed by atoms with van der Waals surface area (Å²) in [6, 6.07) is 12.8. The number of benzene rings is 1. The van der Waals surface area contributed by atoms with Gasteiger partial charge in [0.05, 0.1) is 24.7 Å². The summed E-state index contributed by atoms with van der Waals surface area (Å²) in [4.78, 5) is 5.31. The highest BCUT2D eigenvalue weighted by molar-refractivity contribution is 7.91. The van der Waals surface area contributed by atoms with E-state index in [4.69, 9.17) is 4.74 Å². The summed E-state index contributed by atoms with van der Waals surface area (Å²) in [5.41, 5.74) is 1.28. The number of hydrogen-bond acceptors (Lipinski definition) is 4. The topological polar surface area (TPSA) is 72.8 Å². The Morgan fingerprint density at radius 2 is 1.83 bits per heavy atom. The van der Waals surface area contributed by atoms with E-state index in [9.17, 15) is 8.42 Å². The van der Waals surface area contributed by atoms with Crippen molar-refractivity contribution in [2.45, 2.75) is 5.75 Å². The first kappa shape index (κ1) is 15.8. The van der Waals surface area contributed by atoms with E-state index in [1.165, 1.54) is 0 Å². The molecule has 1 aromatic carbocycles. The minimum Gasteiger partial charge on any atom is -0.373 e. The van der Waals surface area contributed by atoms with Crippen LogP contribution in [0.3, 0.4) is 0 Å². The molecule has 0 unspecified atom stereocenters. The van der Waals surface area contributed by atoms with Crippen molar-refractivity contribution >= 4 is 21.5 Å². The Morgan fingerprint density at radius 1 is 1.09 bits per heavy atom. The molecule has 1 aliphatic heterocycles. The number of ether oxygens (including phenoxy) is 1. The molecule has 3 rings (SSSR count). The van der Waals surface area contributed by atoms with E-state index in [-0.39, 0.29) is 5.75 Å². The normalized spacial score (nSPS) is 15.4. The van der Waals surface area contributed by atoms with E-state index in [1.807, 2.05) is 24.3 Å². The summed E-state index contributed by atoms with van der Waals surface area (Å²) < 4.78 is 32.3. The van der Waals surface area contributed by atoms with Gasteiger partial charge in [0.1, 0.15) is 19.3 Å². The van der Waals surface area contributed by atoms with Crippen molar-refractivity contribution in [3.05, 3.63) is 54.2 Å². The average Bonchev–Trinajstić information content (AvgIpc) is 2.56. The van der Waals surface area contributed by atoms with Gasteiger partial charge in [-0.2, -0.15) is 0 Å². The zero-order valence-electron chi connectivity index (χ0n) is 12.7. The van der Waals surface area contributed by atoms with Crippen LogP contribution >= 0.6 is 0 Å². The Kier molecular flexibility index (Phi) is 4.78. The Morgan fingerprint density at radius 3 is 2.48 bits per heavy atom. The van der Waals surface area contributed by atoms with Gasteiger partial charge in [-0.15, -0.1) is 0 Å². The van der Waals surface area contributed by atoms with Gasteiger partial charge in [0.15, 0.2) is 0 Å². The van der Waals surface area contributed by atoms with E-state index < -0.39 is 10.0 Å². The SMILES string of the molecule is O=S(=O)(Cc1ccccc1)Nc1ccc(N2CCOCC2)[nH+]c1. The molecule has 1 saturated heterocycles. The van der Waals surface area contributed by atoms with E-state index in [0.29, 0.717) is 18.9 Å². The highest BCUT2D eigenvalue weighted by Gasteiger charge is 2.19. The van der Waals surface area contributed by atoms with Crippen molar-refractivity contribution in [2.75, 3.05) is 35.9 Å². The monoisotopic (exact) mass is 334 g/mol. The average molecular weight is 334 g/mol. The molecule has 1 aliphatic rings. The zero-order valence-corrected chi connectivity index (χ0v) is 13.6. The number of rotatable bonds is 5. The van der Waals surface area contributed by atoms with Crippen molar-refractivity contribution in [2.24, 2.45) is 0 Å². The predicted molar refractivity (Wildman–Crippen MR) is 88.7 cm³/mol. The third-order valence-corrected chi connectivity index (χ3v) is 4.88. The molecule has 1 fully saturated rings. The van der Waals surface area contributed by atoms with Crippen molar-refractivity contribution in [3.63, 3.8) is 0 Å². The maximum Gasteiger partial charge on any atom is 0.274 e. The predicted octanol–water partition coefficient (Wildman–Crippen LogP) is 1.28. The van der Waals surface area contributed by atoms with Crippen LogP contribution in [-0.2, 0) is 20.5 Å². The lowest BCUT2D eigenvalue weighted by Crippen LogP contribution is -2.39. The molecule has 23 heavy (non-hydrogen) atoms. The van der Waals surface area contributed by atoms with Gasteiger partial charge >= 0.3 is 0 Å². The van der Waals surface area contributed by atoms with Gasteiger partial charge in [-0.25, -0.2) is 13.4 Å². The van der Waals surface area contributed by atoms with Crippen LogP contribution in [-0.4, -0.2) is 34.7 Å². The maximum atomic E-state index is 12.2. The summed E-state index contributed by atoms with van der Waals surface area (Å²) in [6.45, 7) is 3.07. The minimum atomic E-state index is -3.43. The zero-order chi connectivity index (χ0) is 16.1. The number of pyridine rings is 1. The van der Waals surface area contributed by atoms with Crippen LogP contribution < -0.4 is 14.6 Å². The second-order valence-electron chi connectivity index (χ2n) is 5.41. The number of nitrogens with one attached hydrogen (secondary N) is 2. The lowest BCUT2D eigenvalue weighted by Gasteiger charge is -2.21. The molecule has 0 spiro atoms. The maximum absolute atomic E-state index is 12.2. The van der Waals surface area contributed by atoms with E-state index in [1.54, 1.807) is 24.4 Å². The van der Waals surface area contributed by atoms with Gasteiger partial charge in [-0.1, -0.05) is 30.3 Å². The molecule has 0 atom stereocenters. The summed E-state index contributed by atoms with van der Waals surface area (Å²) in [7, 11) is -3.43. The highest BCUT2D eigenvalue weighted by Crippen LogP contribution is 2.14. The molecule has 0 saturated carbocycles. The van der Waals surface area contributed by atoms with Crippen LogP contribution in [0.15, 0.2) is 48.7 Å². The number of anilines is 2. The Bertz CT molecular complexity index is 727. The number of sulfonamides is 1. The van der Waals surface area contributed by atoms with Gasteiger partial charge in [-0.3, -0.25) is 9.62 Å². The van der Waals surface area contributed by atoms with E-state index >= 15 is 0 Å². The van der Waals surface area contributed by atoms with Gasteiger partial charge in [0.2, 0.25) is 10.0 Å². The van der Waals surface area contributed by atoms with E-state index in [2.05, 4.69) is 14.6 Å². The van der Waals surface area contributed by atoms with Gasteiger partial charge in [0, 0.05) is 6.07 Å². The number of aromatic amines is 1. The second-order valence-corrected chi connectivity index (χ2v) is 7.13. The minimum absolute atomic E-state index is 0.0426. The molecule has 2 heterocycles. The fourth-order valence-corrected chi connectivity index (χ4v) is 3.68. The van der Waals surface area contributed by atoms with Crippen molar-refractivity contribution in [3.8, 4) is 0 Å². The molecule has 2 aromatic rings. The molecule has 0 aliphatic carbocycles. The van der Waals surface area contributed by atoms with Gasteiger partial charge < -0.3 is 4.74 Å². The van der Waals surface area contributed by atoms with Crippen LogP contribution in [0.5, 0.6) is 0 Å². The summed E-state index contributed by atoms with van der Waals surface area (Å²) in [6.07, 6.45) is 1.67. The molecule has 1 aromatic heterocycles. The number of morpholine rings is 1. The van der Waals surface area contributed by atoms with Crippen LogP contribution in [0, 0.1) is 0 Å². The van der Waals surface area contributed by atoms with E-state index in [0.717, 1.165) is 24.5 Å². The molecule has 122 valence electrons. The largest absolute Gasteiger partial charge is 0.373 e.